The number of aromatic nitrogens is 2. The van der Waals surface area contributed by atoms with Gasteiger partial charge in [0.2, 0.25) is 5.82 Å². The molecule has 0 radical (unpaired) electrons. The van der Waals surface area contributed by atoms with Gasteiger partial charge in [-0.1, -0.05) is 60.6 Å². The van der Waals surface area contributed by atoms with Crippen LogP contribution in [0.25, 0.3) is 34.0 Å². The molecule has 0 bridgehead atoms. The molecule has 4 heteroatoms. The van der Waals surface area contributed by atoms with Crippen molar-refractivity contribution in [2.75, 3.05) is 0 Å². The molecule has 4 nitrogen and oxygen atoms in total. The van der Waals surface area contributed by atoms with Crippen LogP contribution in [0.4, 0.5) is 0 Å². The molecule has 1 heterocycles. The first-order chi connectivity index (χ1) is 14.1. The molecule has 0 amide bonds. The van der Waals surface area contributed by atoms with Crippen LogP contribution in [-0.2, 0) is 6.42 Å². The average Bonchev–Trinajstić information content (AvgIpc) is 3.24. The summed E-state index contributed by atoms with van der Waals surface area (Å²) in [6, 6.07) is 21.9. The Hall–Kier alpha value is -3.53. The van der Waals surface area contributed by atoms with E-state index in [-0.39, 0.29) is 5.78 Å². The molecular formula is C25H22N2O2. The summed E-state index contributed by atoms with van der Waals surface area (Å²) in [5.41, 5.74) is 7.23. The fraction of sp³-hybridized carbons (Fsp3) is 0.160. The van der Waals surface area contributed by atoms with Crippen LogP contribution < -0.4 is 0 Å². The number of aryl methyl sites for hydroxylation is 2. The minimum absolute atomic E-state index is 0.00921. The van der Waals surface area contributed by atoms with Gasteiger partial charge in [0.15, 0.2) is 5.78 Å². The quantitative estimate of drug-likeness (QED) is 0.389. The SMILES string of the molecule is CCc1cc(-c2nc(-c3cccc(C(C)=O)c3)no2)ccc1-c1ccccc1C. The predicted octanol–water partition coefficient (Wildman–Crippen LogP) is 6.14. The van der Waals surface area contributed by atoms with Crippen LogP contribution in [0, 0.1) is 6.92 Å². The second kappa shape index (κ2) is 7.84. The first kappa shape index (κ1) is 18.8. The lowest BCUT2D eigenvalue weighted by Crippen LogP contribution is -1.93. The van der Waals surface area contributed by atoms with Crippen molar-refractivity contribution >= 4 is 5.78 Å². The largest absolute Gasteiger partial charge is 0.334 e. The van der Waals surface area contributed by atoms with Gasteiger partial charge in [0, 0.05) is 16.7 Å². The third-order valence-electron chi connectivity index (χ3n) is 5.12. The van der Waals surface area contributed by atoms with Crippen LogP contribution in [0.1, 0.15) is 35.3 Å². The first-order valence-electron chi connectivity index (χ1n) is 9.71. The Morgan fingerprint density at radius 1 is 0.931 bits per heavy atom. The van der Waals surface area contributed by atoms with E-state index in [4.69, 9.17) is 4.52 Å². The van der Waals surface area contributed by atoms with E-state index >= 15 is 0 Å². The molecular weight excluding hydrogens is 360 g/mol. The summed E-state index contributed by atoms with van der Waals surface area (Å²) in [5.74, 6) is 0.957. The molecule has 0 saturated carbocycles. The lowest BCUT2D eigenvalue weighted by Gasteiger charge is -2.11. The molecule has 0 N–H and O–H groups in total. The van der Waals surface area contributed by atoms with Crippen molar-refractivity contribution in [1.82, 2.24) is 10.1 Å². The molecule has 29 heavy (non-hydrogen) atoms. The van der Waals surface area contributed by atoms with E-state index in [0.29, 0.717) is 17.3 Å². The summed E-state index contributed by atoms with van der Waals surface area (Å²) in [5, 5.41) is 4.12. The van der Waals surface area contributed by atoms with Crippen molar-refractivity contribution in [2.24, 2.45) is 0 Å². The molecule has 0 aliphatic carbocycles. The second-order valence-corrected chi connectivity index (χ2v) is 7.10. The highest BCUT2D eigenvalue weighted by Crippen LogP contribution is 2.31. The van der Waals surface area contributed by atoms with E-state index in [9.17, 15) is 4.79 Å². The van der Waals surface area contributed by atoms with E-state index in [1.165, 1.54) is 22.3 Å². The first-order valence-corrected chi connectivity index (χ1v) is 9.71. The van der Waals surface area contributed by atoms with Gasteiger partial charge < -0.3 is 4.52 Å². The molecule has 0 unspecified atom stereocenters. The summed E-state index contributed by atoms with van der Waals surface area (Å²) in [7, 11) is 0. The van der Waals surface area contributed by atoms with Crippen molar-refractivity contribution in [3.63, 3.8) is 0 Å². The third-order valence-corrected chi connectivity index (χ3v) is 5.12. The predicted molar refractivity (Wildman–Crippen MR) is 115 cm³/mol. The van der Waals surface area contributed by atoms with E-state index < -0.39 is 0 Å². The van der Waals surface area contributed by atoms with Crippen LogP contribution in [0.5, 0.6) is 0 Å². The highest BCUT2D eigenvalue weighted by Gasteiger charge is 2.14. The zero-order valence-corrected chi connectivity index (χ0v) is 16.8. The highest BCUT2D eigenvalue weighted by molar-refractivity contribution is 5.95. The molecule has 0 aliphatic rings. The Kier molecular flexibility index (Phi) is 5.09. The monoisotopic (exact) mass is 382 g/mol. The van der Waals surface area contributed by atoms with Gasteiger partial charge in [0.05, 0.1) is 0 Å². The molecule has 0 atom stereocenters. The summed E-state index contributed by atoms with van der Waals surface area (Å²) in [4.78, 5) is 16.2. The molecule has 0 saturated heterocycles. The van der Waals surface area contributed by atoms with E-state index in [1.807, 2.05) is 18.2 Å². The van der Waals surface area contributed by atoms with Gasteiger partial charge in [0.1, 0.15) is 0 Å². The zero-order valence-electron chi connectivity index (χ0n) is 16.8. The normalized spacial score (nSPS) is 10.9. The summed E-state index contributed by atoms with van der Waals surface area (Å²) >= 11 is 0. The Labute approximate surface area is 170 Å². The van der Waals surface area contributed by atoms with Crippen LogP contribution in [0.2, 0.25) is 0 Å². The van der Waals surface area contributed by atoms with Crippen molar-refractivity contribution in [1.29, 1.82) is 0 Å². The number of carbonyl (C=O) groups excluding carboxylic acids is 1. The minimum Gasteiger partial charge on any atom is -0.334 e. The number of hydrogen-bond donors (Lipinski definition) is 0. The molecule has 0 fully saturated rings. The Balaban J connectivity index is 1.71. The van der Waals surface area contributed by atoms with Gasteiger partial charge in [-0.05, 0) is 60.7 Å². The fourth-order valence-corrected chi connectivity index (χ4v) is 3.49. The number of carbonyl (C=O) groups is 1. The molecule has 4 aromatic rings. The van der Waals surface area contributed by atoms with Gasteiger partial charge >= 0.3 is 0 Å². The topological polar surface area (TPSA) is 56.0 Å². The Morgan fingerprint density at radius 2 is 1.76 bits per heavy atom. The third kappa shape index (κ3) is 3.74. The standard InChI is InChI=1S/C25H22N2O2/c1-4-18-14-21(12-13-23(18)22-11-6-5-8-16(22)2)25-26-24(27-29-25)20-10-7-9-19(15-20)17(3)28/h5-15H,4H2,1-3H3. The number of nitrogens with zero attached hydrogens (tertiary/aromatic N) is 2. The van der Waals surface area contributed by atoms with Gasteiger partial charge in [-0.25, -0.2) is 0 Å². The summed E-state index contributed by atoms with van der Waals surface area (Å²) in [6.45, 7) is 5.82. The van der Waals surface area contributed by atoms with Gasteiger partial charge in [-0.15, -0.1) is 0 Å². The lowest BCUT2D eigenvalue weighted by molar-refractivity contribution is 0.101. The lowest BCUT2D eigenvalue weighted by atomic mass is 9.93. The second-order valence-electron chi connectivity index (χ2n) is 7.10. The maximum absolute atomic E-state index is 11.6. The van der Waals surface area contributed by atoms with Gasteiger partial charge in [-0.2, -0.15) is 4.98 Å². The van der Waals surface area contributed by atoms with Crippen LogP contribution in [-0.4, -0.2) is 15.9 Å². The maximum atomic E-state index is 11.6. The Morgan fingerprint density at radius 3 is 2.52 bits per heavy atom. The zero-order chi connectivity index (χ0) is 20.4. The van der Waals surface area contributed by atoms with Crippen molar-refractivity contribution in [3.8, 4) is 34.0 Å². The summed E-state index contributed by atoms with van der Waals surface area (Å²) < 4.78 is 5.53. The van der Waals surface area contributed by atoms with Gasteiger partial charge in [-0.3, -0.25) is 4.79 Å². The highest BCUT2D eigenvalue weighted by atomic mass is 16.5. The van der Waals surface area contributed by atoms with Crippen LogP contribution in [0.15, 0.2) is 71.3 Å². The molecule has 0 spiro atoms. The van der Waals surface area contributed by atoms with Gasteiger partial charge in [0.25, 0.3) is 5.89 Å². The minimum atomic E-state index is 0.00921. The van der Waals surface area contributed by atoms with E-state index in [2.05, 4.69) is 60.4 Å². The summed E-state index contributed by atoms with van der Waals surface area (Å²) in [6.07, 6.45) is 0.902. The van der Waals surface area contributed by atoms with E-state index in [0.717, 1.165) is 17.5 Å². The van der Waals surface area contributed by atoms with Crippen molar-refractivity contribution in [3.05, 3.63) is 83.4 Å². The van der Waals surface area contributed by atoms with Crippen molar-refractivity contribution in [2.45, 2.75) is 27.2 Å². The number of benzene rings is 3. The molecule has 4 rings (SSSR count). The molecule has 1 aromatic heterocycles. The number of ketones is 1. The fourth-order valence-electron chi connectivity index (χ4n) is 3.49. The van der Waals surface area contributed by atoms with Crippen molar-refractivity contribution < 1.29 is 9.32 Å². The Bertz CT molecular complexity index is 1190. The molecule has 3 aromatic carbocycles. The number of Topliss-reactive ketones (excluding diaryl/α,β-unsaturated/α-hetero) is 1. The molecule has 0 aliphatic heterocycles. The maximum Gasteiger partial charge on any atom is 0.258 e. The molecule has 144 valence electrons. The average molecular weight is 382 g/mol. The smallest absolute Gasteiger partial charge is 0.258 e. The number of hydrogen-bond acceptors (Lipinski definition) is 4. The van der Waals surface area contributed by atoms with Crippen LogP contribution in [0.3, 0.4) is 0 Å². The van der Waals surface area contributed by atoms with Crippen LogP contribution >= 0.6 is 0 Å². The van der Waals surface area contributed by atoms with E-state index in [1.54, 1.807) is 19.1 Å². The number of rotatable bonds is 5.